The minimum atomic E-state index is -0.509. The molecule has 1 aromatic rings. The molecular formula is C17H26N2O2. The zero-order valence-corrected chi connectivity index (χ0v) is 12.8. The molecule has 0 heterocycles. The van der Waals surface area contributed by atoms with Crippen LogP contribution in [-0.4, -0.2) is 24.6 Å². The summed E-state index contributed by atoms with van der Waals surface area (Å²) in [5.74, 6) is 1.14. The first-order valence-electron chi connectivity index (χ1n) is 7.93. The Morgan fingerprint density at radius 1 is 1.29 bits per heavy atom. The fourth-order valence-corrected chi connectivity index (χ4v) is 2.96. The van der Waals surface area contributed by atoms with Crippen molar-refractivity contribution in [2.75, 3.05) is 6.54 Å². The zero-order valence-electron chi connectivity index (χ0n) is 12.8. The van der Waals surface area contributed by atoms with Crippen LogP contribution in [0.25, 0.3) is 0 Å². The van der Waals surface area contributed by atoms with E-state index in [1.165, 1.54) is 19.3 Å². The summed E-state index contributed by atoms with van der Waals surface area (Å²) in [4.78, 5) is 12.3. The Kier molecular flexibility index (Phi) is 6.05. The molecule has 1 saturated carbocycles. The molecule has 0 saturated heterocycles. The molecule has 1 amide bonds. The average molecular weight is 290 g/mol. The smallest absolute Gasteiger partial charge is 0.261 e. The van der Waals surface area contributed by atoms with Gasteiger partial charge in [-0.25, -0.2) is 0 Å². The number of para-hydroxylation sites is 1. The van der Waals surface area contributed by atoms with Gasteiger partial charge in [0.15, 0.2) is 6.10 Å². The number of benzene rings is 1. The molecule has 2 unspecified atom stereocenters. The van der Waals surface area contributed by atoms with Crippen LogP contribution in [0.15, 0.2) is 30.3 Å². The predicted molar refractivity (Wildman–Crippen MR) is 84.1 cm³/mol. The first-order valence-corrected chi connectivity index (χ1v) is 7.93. The van der Waals surface area contributed by atoms with Crippen LogP contribution in [0.2, 0.25) is 0 Å². The normalized spacial score (nSPS) is 18.8. The number of hydrogen-bond donors (Lipinski definition) is 2. The highest BCUT2D eigenvalue weighted by atomic mass is 16.5. The number of nitrogens with two attached hydrogens (primary N) is 1. The van der Waals surface area contributed by atoms with Gasteiger partial charge in [0, 0.05) is 12.6 Å². The Balaban J connectivity index is 1.86. The molecule has 0 aliphatic heterocycles. The molecule has 1 aromatic carbocycles. The second-order valence-electron chi connectivity index (χ2n) is 5.82. The van der Waals surface area contributed by atoms with Gasteiger partial charge in [-0.15, -0.1) is 0 Å². The Labute approximate surface area is 127 Å². The van der Waals surface area contributed by atoms with E-state index in [2.05, 4.69) is 5.32 Å². The number of carbonyl (C=O) groups excluding carboxylic acids is 1. The predicted octanol–water partition coefficient (Wildman–Crippen LogP) is 2.48. The van der Waals surface area contributed by atoms with Crippen molar-refractivity contribution in [1.29, 1.82) is 0 Å². The van der Waals surface area contributed by atoms with Crippen molar-refractivity contribution in [1.82, 2.24) is 5.32 Å². The summed E-state index contributed by atoms with van der Waals surface area (Å²) in [6.07, 6.45) is 5.60. The summed E-state index contributed by atoms with van der Waals surface area (Å²) in [7, 11) is 0. The molecule has 2 atom stereocenters. The number of amides is 1. The third-order valence-electron chi connectivity index (χ3n) is 4.23. The Hall–Kier alpha value is -1.55. The SMILES string of the molecule is CC(Oc1ccccc1)C(=O)NC(CN)C1CCCCC1. The molecule has 1 aliphatic carbocycles. The van der Waals surface area contributed by atoms with Gasteiger partial charge >= 0.3 is 0 Å². The van der Waals surface area contributed by atoms with Crippen LogP contribution in [0.5, 0.6) is 5.75 Å². The van der Waals surface area contributed by atoms with Gasteiger partial charge in [-0.3, -0.25) is 4.79 Å². The van der Waals surface area contributed by atoms with E-state index in [0.29, 0.717) is 18.2 Å². The third-order valence-corrected chi connectivity index (χ3v) is 4.23. The molecule has 4 heteroatoms. The van der Waals surface area contributed by atoms with Crippen LogP contribution < -0.4 is 15.8 Å². The molecular weight excluding hydrogens is 264 g/mol. The molecule has 1 aliphatic rings. The van der Waals surface area contributed by atoms with Gasteiger partial charge in [0.05, 0.1) is 0 Å². The van der Waals surface area contributed by atoms with Crippen molar-refractivity contribution < 1.29 is 9.53 Å². The molecule has 0 aromatic heterocycles. The van der Waals surface area contributed by atoms with Crippen LogP contribution in [0.4, 0.5) is 0 Å². The van der Waals surface area contributed by atoms with E-state index in [-0.39, 0.29) is 11.9 Å². The molecule has 21 heavy (non-hydrogen) atoms. The highest BCUT2D eigenvalue weighted by molar-refractivity contribution is 5.81. The first-order chi connectivity index (χ1) is 10.2. The lowest BCUT2D eigenvalue weighted by molar-refractivity contribution is -0.128. The van der Waals surface area contributed by atoms with Crippen LogP contribution in [0.3, 0.4) is 0 Å². The summed E-state index contributed by atoms with van der Waals surface area (Å²) in [6.45, 7) is 2.27. The van der Waals surface area contributed by atoms with Crippen molar-refractivity contribution in [2.24, 2.45) is 11.7 Å². The first kappa shape index (κ1) is 15.8. The Morgan fingerprint density at radius 3 is 2.57 bits per heavy atom. The Bertz CT molecular complexity index is 430. The van der Waals surface area contributed by atoms with Crippen molar-refractivity contribution >= 4 is 5.91 Å². The topological polar surface area (TPSA) is 64.3 Å². The quantitative estimate of drug-likeness (QED) is 0.846. The van der Waals surface area contributed by atoms with Crippen molar-refractivity contribution in [2.45, 2.75) is 51.2 Å². The van der Waals surface area contributed by atoms with Gasteiger partial charge in [-0.05, 0) is 37.8 Å². The van der Waals surface area contributed by atoms with E-state index in [4.69, 9.17) is 10.5 Å². The van der Waals surface area contributed by atoms with Crippen LogP contribution in [0.1, 0.15) is 39.0 Å². The van der Waals surface area contributed by atoms with Gasteiger partial charge < -0.3 is 15.8 Å². The number of rotatable bonds is 6. The summed E-state index contributed by atoms with van der Waals surface area (Å²) in [5.41, 5.74) is 5.85. The van der Waals surface area contributed by atoms with Crippen LogP contribution in [0, 0.1) is 5.92 Å². The highest BCUT2D eigenvalue weighted by Crippen LogP contribution is 2.26. The van der Waals surface area contributed by atoms with E-state index >= 15 is 0 Å². The monoisotopic (exact) mass is 290 g/mol. The van der Waals surface area contributed by atoms with Gasteiger partial charge in [-0.2, -0.15) is 0 Å². The fraction of sp³-hybridized carbons (Fsp3) is 0.588. The van der Waals surface area contributed by atoms with Crippen molar-refractivity contribution in [3.8, 4) is 5.75 Å². The lowest BCUT2D eigenvalue weighted by atomic mass is 9.84. The van der Waals surface area contributed by atoms with E-state index in [1.54, 1.807) is 6.92 Å². The van der Waals surface area contributed by atoms with Crippen molar-refractivity contribution in [3.05, 3.63) is 30.3 Å². The molecule has 0 spiro atoms. The third kappa shape index (κ3) is 4.74. The van der Waals surface area contributed by atoms with Gasteiger partial charge in [0.25, 0.3) is 5.91 Å². The minimum absolute atomic E-state index is 0.0691. The maximum Gasteiger partial charge on any atom is 0.261 e. The van der Waals surface area contributed by atoms with E-state index < -0.39 is 6.10 Å². The van der Waals surface area contributed by atoms with E-state index in [0.717, 1.165) is 12.8 Å². The molecule has 2 rings (SSSR count). The van der Waals surface area contributed by atoms with Crippen molar-refractivity contribution in [3.63, 3.8) is 0 Å². The zero-order chi connectivity index (χ0) is 15.1. The fourth-order valence-electron chi connectivity index (χ4n) is 2.96. The lowest BCUT2D eigenvalue weighted by Crippen LogP contribution is -2.49. The summed E-state index contributed by atoms with van der Waals surface area (Å²) in [5, 5.41) is 3.07. The standard InChI is InChI=1S/C17H26N2O2/c1-13(21-15-10-6-3-7-11-15)17(20)19-16(12-18)14-8-4-2-5-9-14/h3,6-7,10-11,13-14,16H,2,4-5,8-9,12,18H2,1H3,(H,19,20). The van der Waals surface area contributed by atoms with Crippen LogP contribution >= 0.6 is 0 Å². The number of hydrogen-bond acceptors (Lipinski definition) is 3. The van der Waals surface area contributed by atoms with Gasteiger partial charge in [0.1, 0.15) is 5.75 Å². The number of ether oxygens (including phenoxy) is 1. The lowest BCUT2D eigenvalue weighted by Gasteiger charge is -2.30. The van der Waals surface area contributed by atoms with Gasteiger partial charge in [-0.1, -0.05) is 37.5 Å². The van der Waals surface area contributed by atoms with Gasteiger partial charge in [0.2, 0.25) is 0 Å². The molecule has 0 radical (unpaired) electrons. The molecule has 4 nitrogen and oxygen atoms in total. The van der Waals surface area contributed by atoms with E-state index in [9.17, 15) is 4.79 Å². The summed E-state index contributed by atoms with van der Waals surface area (Å²) in [6, 6.07) is 9.48. The average Bonchev–Trinajstić information content (AvgIpc) is 2.54. The number of nitrogens with one attached hydrogen (secondary N) is 1. The maximum absolute atomic E-state index is 12.3. The second-order valence-corrected chi connectivity index (χ2v) is 5.82. The van der Waals surface area contributed by atoms with E-state index in [1.807, 2.05) is 30.3 Å². The Morgan fingerprint density at radius 2 is 1.95 bits per heavy atom. The summed E-state index contributed by atoms with van der Waals surface area (Å²) < 4.78 is 5.66. The summed E-state index contributed by atoms with van der Waals surface area (Å²) >= 11 is 0. The molecule has 0 bridgehead atoms. The number of carbonyl (C=O) groups is 1. The second kappa shape index (κ2) is 8.03. The molecule has 116 valence electrons. The molecule has 3 N–H and O–H groups in total. The largest absolute Gasteiger partial charge is 0.481 e. The molecule has 1 fully saturated rings. The highest BCUT2D eigenvalue weighted by Gasteiger charge is 2.26. The maximum atomic E-state index is 12.3. The minimum Gasteiger partial charge on any atom is -0.481 e. The van der Waals surface area contributed by atoms with Crippen LogP contribution in [-0.2, 0) is 4.79 Å².